The van der Waals surface area contributed by atoms with Gasteiger partial charge in [0.05, 0.1) is 49.8 Å². The first kappa shape index (κ1) is 47.4. The fraction of sp³-hybridized carbons (Fsp3) is 0.732. The van der Waals surface area contributed by atoms with Gasteiger partial charge in [-0.3, -0.25) is 24.1 Å². The zero-order chi connectivity index (χ0) is 41.7. The summed E-state index contributed by atoms with van der Waals surface area (Å²) in [6, 6.07) is 3.69. The SMILES string of the molecule is CCC(C)[C@@H]([C@@H](CC(=O)N1CCC[C@H]1[C@H](OC)[C@@H](C)C(=O)NC(Cc1ccc(OC)cc1)C(=O)O)OC)N(C)C(=O)[C@@H](NC(=O)[C@H](C(C)C)N(C)C)C(C)C. The van der Waals surface area contributed by atoms with Gasteiger partial charge in [-0.05, 0) is 62.4 Å². The lowest BCUT2D eigenvalue weighted by atomic mass is 9.89. The van der Waals surface area contributed by atoms with Crippen LogP contribution in [0.4, 0.5) is 0 Å². The Labute approximate surface area is 329 Å². The molecule has 1 saturated heterocycles. The van der Waals surface area contributed by atoms with Gasteiger partial charge in [-0.25, -0.2) is 4.79 Å². The predicted octanol–water partition coefficient (Wildman–Crippen LogP) is 3.45. The smallest absolute Gasteiger partial charge is 0.326 e. The average molecular weight is 776 g/mol. The molecule has 14 heteroatoms. The minimum absolute atomic E-state index is 0.0195. The van der Waals surface area contributed by atoms with Gasteiger partial charge in [-0.15, -0.1) is 0 Å². The number of aliphatic carboxylic acids is 1. The Morgan fingerprint density at radius 3 is 1.98 bits per heavy atom. The van der Waals surface area contributed by atoms with Crippen LogP contribution in [-0.4, -0.2) is 141 Å². The lowest BCUT2D eigenvalue weighted by molar-refractivity contribution is -0.148. The molecule has 1 aromatic rings. The first-order valence-electron chi connectivity index (χ1n) is 19.6. The van der Waals surface area contributed by atoms with Gasteiger partial charge in [-0.2, -0.15) is 0 Å². The van der Waals surface area contributed by atoms with E-state index in [1.807, 2.05) is 60.5 Å². The Hall–Kier alpha value is -3.75. The number of hydrogen-bond acceptors (Lipinski definition) is 9. The molecule has 1 aromatic carbocycles. The summed E-state index contributed by atoms with van der Waals surface area (Å²) in [7, 11) is 9.97. The number of amides is 4. The van der Waals surface area contributed by atoms with E-state index < -0.39 is 60.2 Å². The molecule has 9 atom stereocenters. The molecule has 0 aromatic heterocycles. The van der Waals surface area contributed by atoms with Crippen LogP contribution in [0.5, 0.6) is 5.75 Å². The maximum absolute atomic E-state index is 14.2. The van der Waals surface area contributed by atoms with Crippen molar-refractivity contribution < 1.29 is 43.3 Å². The lowest BCUT2D eigenvalue weighted by Gasteiger charge is -2.41. The van der Waals surface area contributed by atoms with Crippen molar-refractivity contribution >= 4 is 29.6 Å². The number of methoxy groups -OCH3 is 3. The Morgan fingerprint density at radius 2 is 1.51 bits per heavy atom. The number of benzene rings is 1. The van der Waals surface area contributed by atoms with Crippen LogP contribution < -0.4 is 15.4 Å². The number of carbonyl (C=O) groups is 5. The zero-order valence-electron chi connectivity index (χ0n) is 35.5. The number of rotatable bonds is 22. The lowest BCUT2D eigenvalue weighted by Crippen LogP contribution is -2.59. The third-order valence-corrected chi connectivity index (χ3v) is 11.2. The molecular weight excluding hydrogens is 706 g/mol. The molecule has 0 saturated carbocycles. The molecule has 312 valence electrons. The number of carboxylic acid groups (broad SMARTS) is 1. The molecule has 1 aliphatic heterocycles. The highest BCUT2D eigenvalue weighted by Crippen LogP contribution is 2.30. The van der Waals surface area contributed by atoms with Crippen LogP contribution in [0.25, 0.3) is 0 Å². The third kappa shape index (κ3) is 12.6. The fourth-order valence-corrected chi connectivity index (χ4v) is 7.91. The molecule has 1 heterocycles. The van der Waals surface area contributed by atoms with Crippen LogP contribution in [-0.2, 0) is 39.9 Å². The minimum atomic E-state index is -1.17. The normalized spacial score (nSPS) is 18.9. The van der Waals surface area contributed by atoms with E-state index in [4.69, 9.17) is 14.2 Å². The number of likely N-dealkylation sites (N-methyl/N-ethyl adjacent to an activating group) is 2. The third-order valence-electron chi connectivity index (χ3n) is 11.2. The number of ether oxygens (including phenoxy) is 3. The molecule has 2 rings (SSSR count). The first-order valence-corrected chi connectivity index (χ1v) is 19.6. The summed E-state index contributed by atoms with van der Waals surface area (Å²) in [6.45, 7) is 13.9. The summed E-state index contributed by atoms with van der Waals surface area (Å²) < 4.78 is 17.1. The van der Waals surface area contributed by atoms with Gasteiger partial charge >= 0.3 is 5.97 Å². The van der Waals surface area contributed by atoms with Crippen LogP contribution in [0.2, 0.25) is 0 Å². The highest BCUT2D eigenvalue weighted by molar-refractivity contribution is 5.90. The molecule has 1 fully saturated rings. The Kier molecular flexibility index (Phi) is 19.1. The van der Waals surface area contributed by atoms with Crippen LogP contribution in [0.1, 0.15) is 79.7 Å². The molecule has 0 bridgehead atoms. The number of hydrogen-bond donors (Lipinski definition) is 3. The second-order valence-electron chi connectivity index (χ2n) is 15.9. The van der Waals surface area contributed by atoms with E-state index in [2.05, 4.69) is 10.6 Å². The van der Waals surface area contributed by atoms with Crippen molar-refractivity contribution in [3.63, 3.8) is 0 Å². The number of nitrogens with zero attached hydrogens (tertiary/aromatic N) is 3. The van der Waals surface area contributed by atoms with Gasteiger partial charge in [0.2, 0.25) is 23.6 Å². The monoisotopic (exact) mass is 776 g/mol. The summed E-state index contributed by atoms with van der Waals surface area (Å²) in [5.74, 6) is -2.67. The Balaban J connectivity index is 2.27. The van der Waals surface area contributed by atoms with Gasteiger partial charge in [0.25, 0.3) is 0 Å². The summed E-state index contributed by atoms with van der Waals surface area (Å²) in [5.41, 5.74) is 0.723. The highest BCUT2D eigenvalue weighted by atomic mass is 16.5. The van der Waals surface area contributed by atoms with Crippen LogP contribution in [0.15, 0.2) is 24.3 Å². The van der Waals surface area contributed by atoms with Crippen molar-refractivity contribution in [2.75, 3.05) is 49.0 Å². The molecular formula is C41H69N5O9. The van der Waals surface area contributed by atoms with E-state index in [0.29, 0.717) is 31.6 Å². The van der Waals surface area contributed by atoms with Crippen molar-refractivity contribution in [3.05, 3.63) is 29.8 Å². The minimum Gasteiger partial charge on any atom is -0.497 e. The van der Waals surface area contributed by atoms with Gasteiger partial charge in [0.15, 0.2) is 0 Å². The summed E-state index contributed by atoms with van der Waals surface area (Å²) >= 11 is 0. The molecule has 2 unspecified atom stereocenters. The standard InChI is InChI=1S/C41H69N5O9/c1-14-26(6)36(45(10)40(50)34(24(2)3)43-39(49)35(25(4)5)44(8)9)32(54-12)23-33(47)46-21-15-16-31(46)37(55-13)27(7)38(48)42-30(41(51)52)22-28-17-19-29(53-11)20-18-28/h17-20,24-27,30-32,34-37H,14-16,21-23H2,1-13H3,(H,42,48)(H,43,49)(H,51,52)/t26?,27-,30?,31+,32-,34+,35+,36+,37-/m1/s1. The quantitative estimate of drug-likeness (QED) is 0.159. The molecule has 55 heavy (non-hydrogen) atoms. The summed E-state index contributed by atoms with van der Waals surface area (Å²) in [4.78, 5) is 72.8. The zero-order valence-corrected chi connectivity index (χ0v) is 35.5. The maximum atomic E-state index is 14.2. The maximum Gasteiger partial charge on any atom is 0.326 e. The fourth-order valence-electron chi connectivity index (χ4n) is 7.91. The van der Waals surface area contributed by atoms with Crippen LogP contribution in [0.3, 0.4) is 0 Å². The number of likely N-dealkylation sites (tertiary alicyclic amines) is 1. The van der Waals surface area contributed by atoms with Gasteiger partial charge in [-0.1, -0.05) is 67.0 Å². The largest absolute Gasteiger partial charge is 0.497 e. The summed E-state index contributed by atoms with van der Waals surface area (Å²) in [5, 5.41) is 15.6. The van der Waals surface area contributed by atoms with E-state index >= 15 is 0 Å². The van der Waals surface area contributed by atoms with E-state index in [1.165, 1.54) is 14.2 Å². The topological polar surface area (TPSA) is 167 Å². The first-order chi connectivity index (χ1) is 25.8. The Bertz CT molecular complexity index is 1400. The van der Waals surface area contributed by atoms with Crippen molar-refractivity contribution in [3.8, 4) is 5.75 Å². The van der Waals surface area contributed by atoms with Crippen molar-refractivity contribution in [2.24, 2.45) is 23.7 Å². The van der Waals surface area contributed by atoms with Crippen molar-refractivity contribution in [2.45, 2.75) is 123 Å². The second kappa shape index (κ2) is 22.1. The van der Waals surface area contributed by atoms with E-state index in [9.17, 15) is 29.1 Å². The number of carboxylic acids is 1. The summed E-state index contributed by atoms with van der Waals surface area (Å²) in [6.07, 6.45) is 0.702. The number of nitrogens with one attached hydrogen (secondary N) is 2. The van der Waals surface area contributed by atoms with Crippen LogP contribution >= 0.6 is 0 Å². The van der Waals surface area contributed by atoms with Crippen molar-refractivity contribution in [1.82, 2.24) is 25.3 Å². The van der Waals surface area contributed by atoms with Gasteiger partial charge in [0.1, 0.15) is 17.8 Å². The number of carbonyl (C=O) groups excluding carboxylic acids is 4. The molecule has 0 spiro atoms. The molecule has 4 amide bonds. The second-order valence-corrected chi connectivity index (χ2v) is 15.9. The molecule has 3 N–H and O–H groups in total. The van der Waals surface area contributed by atoms with E-state index in [1.54, 1.807) is 55.1 Å². The predicted molar refractivity (Wildman–Crippen MR) is 211 cm³/mol. The van der Waals surface area contributed by atoms with Gasteiger partial charge < -0.3 is 39.8 Å². The van der Waals surface area contributed by atoms with Crippen molar-refractivity contribution in [1.29, 1.82) is 0 Å². The Morgan fingerprint density at radius 1 is 0.891 bits per heavy atom. The van der Waals surface area contributed by atoms with Crippen LogP contribution in [0, 0.1) is 23.7 Å². The van der Waals surface area contributed by atoms with Gasteiger partial charge in [0, 0.05) is 34.2 Å². The molecule has 1 aliphatic rings. The molecule has 0 aliphatic carbocycles. The van der Waals surface area contributed by atoms with E-state index in [0.717, 1.165) is 5.56 Å². The highest BCUT2D eigenvalue weighted by Gasteiger charge is 2.43. The average Bonchev–Trinajstić information content (AvgIpc) is 3.62. The molecule has 14 nitrogen and oxygen atoms in total. The van der Waals surface area contributed by atoms with E-state index in [-0.39, 0.29) is 48.3 Å². The molecule has 0 radical (unpaired) electrons.